The van der Waals surface area contributed by atoms with Crippen molar-refractivity contribution in [1.29, 1.82) is 0 Å². The minimum Gasteiger partial charge on any atom is -0.404 e. The maximum atomic E-state index is 15.1. The molecular weight excluding hydrogens is 335 g/mol. The summed E-state index contributed by atoms with van der Waals surface area (Å²) < 4.78 is 15.1. The van der Waals surface area contributed by atoms with Gasteiger partial charge in [-0.1, -0.05) is 12.8 Å². The van der Waals surface area contributed by atoms with E-state index in [1.54, 1.807) is 14.1 Å². The van der Waals surface area contributed by atoms with Gasteiger partial charge in [0, 0.05) is 54.8 Å². The molecule has 7 nitrogen and oxygen atoms in total. The molecule has 1 saturated carbocycles. The zero-order chi connectivity index (χ0) is 19.1. The topological polar surface area (TPSA) is 118 Å². The molecule has 0 radical (unpaired) electrons. The smallest absolute Gasteiger partial charge is 0.170 e. The second kappa shape index (κ2) is 9.40. The van der Waals surface area contributed by atoms with Crippen LogP contribution < -0.4 is 22.1 Å². The van der Waals surface area contributed by atoms with Gasteiger partial charge in [-0.15, -0.1) is 0 Å². The van der Waals surface area contributed by atoms with E-state index in [0.717, 1.165) is 25.7 Å². The number of anilines is 1. The fourth-order valence-electron chi connectivity index (χ4n) is 3.25. The van der Waals surface area contributed by atoms with Crippen LogP contribution in [0.5, 0.6) is 0 Å². The predicted octanol–water partition coefficient (Wildman–Crippen LogP) is 1.43. The van der Waals surface area contributed by atoms with E-state index >= 15 is 4.39 Å². The van der Waals surface area contributed by atoms with Crippen LogP contribution in [-0.2, 0) is 6.54 Å². The third-order valence-electron chi connectivity index (χ3n) is 4.61. The summed E-state index contributed by atoms with van der Waals surface area (Å²) >= 11 is 0. The maximum absolute atomic E-state index is 15.1. The first-order valence-corrected chi connectivity index (χ1v) is 8.76. The number of aromatic nitrogens is 1. The number of nitrogens with zero attached hydrogens (tertiary/aromatic N) is 2. The number of hydrogen-bond acceptors (Lipinski definition) is 7. The molecule has 0 bridgehead atoms. The minimum atomic E-state index is -0.548. The molecular formula is C18H27FN6O. The molecule has 0 aromatic carbocycles. The Labute approximate surface area is 153 Å². The largest absolute Gasteiger partial charge is 0.404 e. The van der Waals surface area contributed by atoms with Crippen LogP contribution in [0.25, 0.3) is 5.57 Å². The molecule has 1 unspecified atom stereocenters. The number of rotatable bonds is 7. The summed E-state index contributed by atoms with van der Waals surface area (Å²) in [6.45, 7) is 0.182. The molecule has 2 atom stereocenters. The highest BCUT2D eigenvalue weighted by molar-refractivity contribution is 6.11. The van der Waals surface area contributed by atoms with Crippen LogP contribution in [0.1, 0.15) is 47.3 Å². The van der Waals surface area contributed by atoms with Crippen molar-refractivity contribution in [3.63, 3.8) is 0 Å². The monoisotopic (exact) mass is 362 g/mol. The van der Waals surface area contributed by atoms with Crippen LogP contribution in [0.4, 0.5) is 10.2 Å². The number of carbonyl (C=O) groups is 1. The second-order valence-corrected chi connectivity index (χ2v) is 6.37. The van der Waals surface area contributed by atoms with Gasteiger partial charge in [0.2, 0.25) is 0 Å². The van der Waals surface area contributed by atoms with Crippen molar-refractivity contribution < 1.29 is 9.18 Å². The number of hydrogen-bond donors (Lipinski definition) is 4. The van der Waals surface area contributed by atoms with Gasteiger partial charge in [-0.3, -0.25) is 9.79 Å². The number of carbonyl (C=O) groups excluding carboxylic acids is 1. The lowest BCUT2D eigenvalue weighted by Gasteiger charge is -2.30. The maximum Gasteiger partial charge on any atom is 0.170 e. The Morgan fingerprint density at radius 2 is 2.15 bits per heavy atom. The highest BCUT2D eigenvalue weighted by atomic mass is 19.1. The lowest BCUT2D eigenvalue weighted by Crippen LogP contribution is -2.43. The van der Waals surface area contributed by atoms with Crippen molar-refractivity contribution in [1.82, 2.24) is 10.3 Å². The fraction of sp³-hybridized carbons (Fsp3) is 0.500. The molecule has 0 amide bonds. The molecule has 142 valence electrons. The van der Waals surface area contributed by atoms with Gasteiger partial charge in [-0.25, -0.2) is 9.37 Å². The van der Waals surface area contributed by atoms with Gasteiger partial charge in [-0.2, -0.15) is 0 Å². The second-order valence-electron chi connectivity index (χ2n) is 6.37. The highest BCUT2D eigenvalue weighted by Crippen LogP contribution is 2.28. The third-order valence-corrected chi connectivity index (χ3v) is 4.61. The number of nitrogens with one attached hydrogen (secondary N) is 2. The molecule has 1 aliphatic rings. The number of aldehydes is 1. The molecule has 6 N–H and O–H groups in total. The summed E-state index contributed by atoms with van der Waals surface area (Å²) in [4.78, 5) is 20.0. The van der Waals surface area contributed by atoms with E-state index in [1.807, 2.05) is 0 Å². The van der Waals surface area contributed by atoms with E-state index in [1.165, 1.54) is 12.4 Å². The van der Waals surface area contributed by atoms with Crippen molar-refractivity contribution in [2.75, 3.05) is 19.4 Å². The number of pyridine rings is 1. The number of allylic oxidation sites excluding steroid dienone is 1. The molecule has 1 fully saturated rings. The van der Waals surface area contributed by atoms with Crippen LogP contribution in [0.2, 0.25) is 0 Å². The number of nitrogens with two attached hydrogens (primary N) is 2. The first-order valence-electron chi connectivity index (χ1n) is 8.76. The number of aliphatic imine (C=N–C) groups is 1. The van der Waals surface area contributed by atoms with Gasteiger partial charge in [-0.05, 0) is 19.9 Å². The first kappa shape index (κ1) is 20.0. The van der Waals surface area contributed by atoms with Gasteiger partial charge >= 0.3 is 0 Å². The Morgan fingerprint density at radius 1 is 1.42 bits per heavy atom. The normalized spacial score (nSPS) is 21.2. The predicted molar refractivity (Wildman–Crippen MR) is 103 cm³/mol. The van der Waals surface area contributed by atoms with E-state index in [0.29, 0.717) is 17.6 Å². The summed E-state index contributed by atoms with van der Waals surface area (Å²) in [5.41, 5.74) is 13.0. The Kier molecular flexibility index (Phi) is 7.23. The van der Waals surface area contributed by atoms with E-state index in [9.17, 15) is 4.79 Å². The van der Waals surface area contributed by atoms with Crippen molar-refractivity contribution >= 4 is 23.9 Å². The molecule has 1 aromatic rings. The van der Waals surface area contributed by atoms with Crippen LogP contribution in [0.3, 0.4) is 0 Å². The summed E-state index contributed by atoms with van der Waals surface area (Å²) in [5, 5.41) is 6.03. The summed E-state index contributed by atoms with van der Waals surface area (Å²) in [6.07, 6.45) is 7.24. The Hall–Kier alpha value is -2.32. The van der Waals surface area contributed by atoms with E-state index in [2.05, 4.69) is 20.6 Å². The van der Waals surface area contributed by atoms with E-state index in [4.69, 9.17) is 11.5 Å². The first-order chi connectivity index (χ1) is 12.6. The minimum absolute atomic E-state index is 0.0615. The Balaban J connectivity index is 2.56. The van der Waals surface area contributed by atoms with Crippen LogP contribution >= 0.6 is 0 Å². The van der Waals surface area contributed by atoms with Crippen molar-refractivity contribution in [2.45, 2.75) is 44.3 Å². The SMILES string of the molecule is CN=CC(=CN)c1nc(NC2CCCC[C@@H]2N)c(F)c(CNC)c1C=O. The van der Waals surface area contributed by atoms with Gasteiger partial charge in [0.1, 0.15) is 0 Å². The molecule has 8 heteroatoms. The lowest BCUT2D eigenvalue weighted by molar-refractivity contribution is 0.112. The summed E-state index contributed by atoms with van der Waals surface area (Å²) in [5.74, 6) is -0.463. The lowest BCUT2D eigenvalue weighted by atomic mass is 9.91. The Morgan fingerprint density at radius 3 is 2.73 bits per heavy atom. The van der Waals surface area contributed by atoms with Gasteiger partial charge < -0.3 is 22.1 Å². The molecule has 26 heavy (non-hydrogen) atoms. The van der Waals surface area contributed by atoms with Crippen LogP contribution in [0.15, 0.2) is 11.2 Å². The zero-order valence-electron chi connectivity index (χ0n) is 15.3. The third kappa shape index (κ3) is 4.25. The highest BCUT2D eigenvalue weighted by Gasteiger charge is 2.26. The standard InChI is InChI=1S/C18H27FN6O/c1-22-8-11(7-20)17-13(10-26)12(9-23-2)16(19)18(25-17)24-15-6-4-3-5-14(15)21/h7-8,10,14-15,23H,3-6,9,20-21H2,1-2H3,(H,24,25)/t14-,15?/m0/s1. The molecule has 1 aliphatic carbocycles. The Bertz CT molecular complexity index is 703. The average Bonchev–Trinajstić information content (AvgIpc) is 2.64. The van der Waals surface area contributed by atoms with E-state index in [-0.39, 0.29) is 35.6 Å². The zero-order valence-corrected chi connectivity index (χ0v) is 15.3. The van der Waals surface area contributed by atoms with Crippen LogP contribution in [-0.4, -0.2) is 43.7 Å². The van der Waals surface area contributed by atoms with Gasteiger partial charge in [0.05, 0.1) is 5.69 Å². The summed E-state index contributed by atoms with van der Waals surface area (Å²) in [6, 6.07) is -0.123. The van der Waals surface area contributed by atoms with Gasteiger partial charge in [0.15, 0.2) is 17.9 Å². The number of halogens is 1. The van der Waals surface area contributed by atoms with Crippen molar-refractivity contribution in [2.24, 2.45) is 16.5 Å². The quantitative estimate of drug-likeness (QED) is 0.430. The molecule has 2 rings (SSSR count). The average molecular weight is 362 g/mol. The van der Waals surface area contributed by atoms with Gasteiger partial charge in [0.25, 0.3) is 0 Å². The molecule has 1 heterocycles. The fourth-order valence-corrected chi connectivity index (χ4v) is 3.25. The summed E-state index contributed by atoms with van der Waals surface area (Å²) in [7, 11) is 3.27. The van der Waals surface area contributed by atoms with Crippen molar-refractivity contribution in [3.05, 3.63) is 28.8 Å². The molecule has 0 aliphatic heterocycles. The molecule has 0 spiro atoms. The van der Waals surface area contributed by atoms with Crippen molar-refractivity contribution in [3.8, 4) is 0 Å². The molecule has 0 saturated heterocycles. The molecule has 1 aromatic heterocycles. The van der Waals surface area contributed by atoms with E-state index < -0.39 is 5.82 Å². The van der Waals surface area contributed by atoms with Crippen LogP contribution in [0, 0.1) is 5.82 Å².